The summed E-state index contributed by atoms with van der Waals surface area (Å²) in [6, 6.07) is 8.82. The van der Waals surface area contributed by atoms with Gasteiger partial charge in [0.1, 0.15) is 0 Å². The fourth-order valence-corrected chi connectivity index (χ4v) is 3.38. The summed E-state index contributed by atoms with van der Waals surface area (Å²) in [5.41, 5.74) is 9.69. The van der Waals surface area contributed by atoms with Crippen molar-refractivity contribution in [2.75, 3.05) is 0 Å². The predicted molar refractivity (Wildman–Crippen MR) is 83.1 cm³/mol. The first-order chi connectivity index (χ1) is 8.87. The van der Waals surface area contributed by atoms with E-state index in [1.165, 1.54) is 30.4 Å². The molecule has 1 saturated carbocycles. The van der Waals surface area contributed by atoms with Crippen LogP contribution < -0.4 is 5.73 Å². The van der Waals surface area contributed by atoms with Crippen LogP contribution in [0.25, 0.3) is 0 Å². The van der Waals surface area contributed by atoms with E-state index in [-0.39, 0.29) is 5.54 Å². The van der Waals surface area contributed by atoms with Crippen LogP contribution in [-0.2, 0) is 5.54 Å². The Balaban J connectivity index is 2.08. The lowest BCUT2D eigenvalue weighted by atomic mass is 9.64. The molecule has 1 aliphatic carbocycles. The van der Waals surface area contributed by atoms with Gasteiger partial charge < -0.3 is 5.73 Å². The molecular weight excluding hydrogens is 230 g/mol. The maximum Gasteiger partial charge on any atom is 0.0409 e. The minimum absolute atomic E-state index is 0.0893. The van der Waals surface area contributed by atoms with Gasteiger partial charge in [-0.1, -0.05) is 57.0 Å². The van der Waals surface area contributed by atoms with Crippen molar-refractivity contribution in [3.63, 3.8) is 0 Å². The summed E-state index contributed by atoms with van der Waals surface area (Å²) in [4.78, 5) is 0. The Morgan fingerprint density at radius 3 is 2.16 bits per heavy atom. The van der Waals surface area contributed by atoms with E-state index in [4.69, 9.17) is 5.73 Å². The molecule has 106 valence electrons. The molecule has 1 fully saturated rings. The van der Waals surface area contributed by atoms with Gasteiger partial charge in [0.25, 0.3) is 0 Å². The van der Waals surface area contributed by atoms with Gasteiger partial charge in [-0.25, -0.2) is 0 Å². The normalized spacial score (nSPS) is 28.4. The zero-order valence-electron chi connectivity index (χ0n) is 13.0. The lowest BCUT2D eigenvalue weighted by Gasteiger charge is -2.43. The zero-order valence-corrected chi connectivity index (χ0v) is 13.0. The summed E-state index contributed by atoms with van der Waals surface area (Å²) < 4.78 is 0. The van der Waals surface area contributed by atoms with E-state index in [0.717, 1.165) is 18.8 Å². The van der Waals surface area contributed by atoms with E-state index < -0.39 is 0 Å². The topological polar surface area (TPSA) is 26.0 Å². The van der Waals surface area contributed by atoms with Crippen LogP contribution in [0.3, 0.4) is 0 Å². The summed E-state index contributed by atoms with van der Waals surface area (Å²) in [5, 5.41) is 0. The predicted octanol–water partition coefficient (Wildman–Crippen LogP) is 4.78. The summed E-state index contributed by atoms with van der Waals surface area (Å²) >= 11 is 0. The van der Waals surface area contributed by atoms with Crippen molar-refractivity contribution in [2.45, 2.75) is 65.3 Å². The van der Waals surface area contributed by atoms with Crippen LogP contribution in [0.1, 0.15) is 64.0 Å². The largest absolute Gasteiger partial charge is 0.321 e. The van der Waals surface area contributed by atoms with Crippen LogP contribution >= 0.6 is 0 Å². The van der Waals surface area contributed by atoms with Gasteiger partial charge in [0.15, 0.2) is 0 Å². The molecule has 1 aromatic carbocycles. The number of rotatable bonds is 3. The van der Waals surface area contributed by atoms with Crippen molar-refractivity contribution in [3.8, 4) is 0 Å². The lowest BCUT2D eigenvalue weighted by Crippen LogP contribution is -2.42. The minimum Gasteiger partial charge on any atom is -0.321 e. The maximum absolute atomic E-state index is 6.68. The standard InChI is InChI=1S/C18H29N/c1-5-17(3,4)15-10-12-18(19,13-11-15)16-8-6-14(2)7-9-16/h6-9,15H,5,10-13,19H2,1-4H3. The first kappa shape index (κ1) is 14.6. The van der Waals surface area contributed by atoms with Gasteiger partial charge in [-0.05, 0) is 49.5 Å². The Morgan fingerprint density at radius 2 is 1.68 bits per heavy atom. The molecule has 0 heterocycles. The molecule has 0 atom stereocenters. The summed E-state index contributed by atoms with van der Waals surface area (Å²) in [6.45, 7) is 9.26. The molecule has 1 heteroatoms. The molecule has 0 aliphatic heterocycles. The van der Waals surface area contributed by atoms with Crippen LogP contribution in [0, 0.1) is 18.3 Å². The number of hydrogen-bond acceptors (Lipinski definition) is 1. The molecule has 1 aliphatic rings. The van der Waals surface area contributed by atoms with Crippen molar-refractivity contribution >= 4 is 0 Å². The maximum atomic E-state index is 6.68. The van der Waals surface area contributed by atoms with Crippen LogP contribution in [0.4, 0.5) is 0 Å². The molecule has 0 saturated heterocycles. The Labute approximate surface area is 118 Å². The molecule has 0 amide bonds. The van der Waals surface area contributed by atoms with E-state index in [0.29, 0.717) is 5.41 Å². The van der Waals surface area contributed by atoms with Crippen LogP contribution in [0.5, 0.6) is 0 Å². The second-order valence-corrected chi connectivity index (χ2v) is 7.14. The molecule has 0 bridgehead atoms. The fraction of sp³-hybridized carbons (Fsp3) is 0.667. The number of benzene rings is 1. The Bertz CT molecular complexity index is 408. The molecule has 2 N–H and O–H groups in total. The van der Waals surface area contributed by atoms with Gasteiger partial charge in [-0.2, -0.15) is 0 Å². The average molecular weight is 259 g/mol. The zero-order chi connectivity index (χ0) is 14.1. The Kier molecular flexibility index (Phi) is 4.06. The number of nitrogens with two attached hydrogens (primary N) is 1. The average Bonchev–Trinajstić information content (AvgIpc) is 2.40. The van der Waals surface area contributed by atoms with Gasteiger partial charge in [0.05, 0.1) is 0 Å². The highest BCUT2D eigenvalue weighted by molar-refractivity contribution is 5.28. The highest BCUT2D eigenvalue weighted by Gasteiger charge is 2.38. The van der Waals surface area contributed by atoms with Gasteiger partial charge in [0, 0.05) is 5.54 Å². The van der Waals surface area contributed by atoms with Gasteiger partial charge >= 0.3 is 0 Å². The molecule has 0 unspecified atom stereocenters. The van der Waals surface area contributed by atoms with Crippen molar-refractivity contribution in [2.24, 2.45) is 17.1 Å². The summed E-state index contributed by atoms with van der Waals surface area (Å²) in [6.07, 6.45) is 6.06. The second-order valence-electron chi connectivity index (χ2n) is 7.14. The minimum atomic E-state index is -0.0893. The van der Waals surface area contributed by atoms with Crippen molar-refractivity contribution in [1.29, 1.82) is 0 Å². The van der Waals surface area contributed by atoms with E-state index >= 15 is 0 Å². The molecule has 19 heavy (non-hydrogen) atoms. The summed E-state index contributed by atoms with van der Waals surface area (Å²) in [7, 11) is 0. The molecule has 0 aromatic heterocycles. The molecule has 1 aromatic rings. The second kappa shape index (κ2) is 5.28. The van der Waals surface area contributed by atoms with E-state index in [9.17, 15) is 0 Å². The van der Waals surface area contributed by atoms with Gasteiger partial charge in [-0.15, -0.1) is 0 Å². The molecule has 1 nitrogen and oxygen atoms in total. The highest BCUT2D eigenvalue weighted by atomic mass is 14.7. The van der Waals surface area contributed by atoms with E-state index in [1.807, 2.05) is 0 Å². The van der Waals surface area contributed by atoms with Crippen LogP contribution in [-0.4, -0.2) is 0 Å². The number of aryl methyl sites for hydroxylation is 1. The van der Waals surface area contributed by atoms with Crippen molar-refractivity contribution < 1.29 is 0 Å². The van der Waals surface area contributed by atoms with Crippen molar-refractivity contribution in [3.05, 3.63) is 35.4 Å². The molecular formula is C18H29N. The molecule has 0 spiro atoms. The Hall–Kier alpha value is -0.820. The smallest absolute Gasteiger partial charge is 0.0409 e. The quantitative estimate of drug-likeness (QED) is 0.831. The van der Waals surface area contributed by atoms with E-state index in [2.05, 4.69) is 52.0 Å². The van der Waals surface area contributed by atoms with Crippen LogP contribution in [0.15, 0.2) is 24.3 Å². The van der Waals surface area contributed by atoms with E-state index in [1.54, 1.807) is 0 Å². The third-order valence-electron chi connectivity index (χ3n) is 5.52. The highest BCUT2D eigenvalue weighted by Crippen LogP contribution is 2.45. The molecule has 0 radical (unpaired) electrons. The first-order valence-corrected chi connectivity index (χ1v) is 7.73. The third kappa shape index (κ3) is 3.02. The van der Waals surface area contributed by atoms with Crippen molar-refractivity contribution in [1.82, 2.24) is 0 Å². The lowest BCUT2D eigenvalue weighted by molar-refractivity contribution is 0.115. The number of hydrogen-bond donors (Lipinski definition) is 1. The Morgan fingerprint density at radius 1 is 1.16 bits per heavy atom. The SMILES string of the molecule is CCC(C)(C)C1CCC(N)(c2ccc(C)cc2)CC1. The first-order valence-electron chi connectivity index (χ1n) is 7.73. The molecule has 2 rings (SSSR count). The van der Waals surface area contributed by atoms with Gasteiger partial charge in [0.2, 0.25) is 0 Å². The third-order valence-corrected chi connectivity index (χ3v) is 5.52. The van der Waals surface area contributed by atoms with Crippen LogP contribution in [0.2, 0.25) is 0 Å². The monoisotopic (exact) mass is 259 g/mol. The fourth-order valence-electron chi connectivity index (χ4n) is 3.38. The summed E-state index contributed by atoms with van der Waals surface area (Å²) in [5.74, 6) is 0.833. The van der Waals surface area contributed by atoms with Gasteiger partial charge in [-0.3, -0.25) is 0 Å².